The summed E-state index contributed by atoms with van der Waals surface area (Å²) < 4.78 is 32.0. The molecule has 0 bridgehead atoms. The molecule has 0 amide bonds. The molecule has 1 heterocycles. The van der Waals surface area contributed by atoms with Crippen LogP contribution in [0, 0.1) is 11.6 Å². The number of aromatic nitrogens is 2. The second-order valence-electron chi connectivity index (χ2n) is 5.29. The van der Waals surface area contributed by atoms with E-state index in [2.05, 4.69) is 22.2 Å². The fourth-order valence-electron chi connectivity index (χ4n) is 2.18. The third-order valence-electron chi connectivity index (χ3n) is 3.58. The highest BCUT2D eigenvalue weighted by atomic mass is 19.2. The Morgan fingerprint density at radius 1 is 1.04 bits per heavy atom. The average molecular weight is 342 g/mol. The van der Waals surface area contributed by atoms with E-state index in [0.29, 0.717) is 11.4 Å². The molecule has 128 valence electrons. The second-order valence-corrected chi connectivity index (χ2v) is 5.29. The molecule has 2 aromatic carbocycles. The van der Waals surface area contributed by atoms with Crippen molar-refractivity contribution in [1.82, 2.24) is 9.97 Å². The summed E-state index contributed by atoms with van der Waals surface area (Å²) in [5.41, 5.74) is 7.67. The summed E-state index contributed by atoms with van der Waals surface area (Å²) in [5.74, 6) is -0.905. The molecule has 0 aliphatic carbocycles. The number of ether oxygens (including phenoxy) is 1. The number of rotatable bonds is 5. The first-order valence-corrected chi connectivity index (χ1v) is 7.66. The molecule has 0 aliphatic rings. The maximum absolute atomic E-state index is 13.3. The molecule has 0 saturated carbocycles. The van der Waals surface area contributed by atoms with Crippen molar-refractivity contribution in [3.8, 4) is 11.6 Å². The van der Waals surface area contributed by atoms with Gasteiger partial charge >= 0.3 is 0 Å². The van der Waals surface area contributed by atoms with E-state index in [1.54, 1.807) is 0 Å². The molecule has 0 spiro atoms. The van der Waals surface area contributed by atoms with Gasteiger partial charge in [-0.25, -0.2) is 13.8 Å². The number of hydrogen-bond donors (Lipinski definition) is 2. The Labute approximate surface area is 143 Å². The molecule has 5 nitrogen and oxygen atoms in total. The minimum Gasteiger partial charge on any atom is -0.437 e. The number of nitrogen functional groups attached to an aromatic ring is 1. The molecule has 3 rings (SSSR count). The summed E-state index contributed by atoms with van der Waals surface area (Å²) in [6.07, 6.45) is 2.20. The fraction of sp³-hybridized carbons (Fsp3) is 0.111. The summed E-state index contributed by atoms with van der Waals surface area (Å²) >= 11 is 0. The SMILES string of the molecule is CCc1ccc(Oc2ncnc(Nc3ccc(F)c(F)c3)c2N)cc1. The van der Waals surface area contributed by atoms with Gasteiger partial charge in [-0.05, 0) is 36.2 Å². The van der Waals surface area contributed by atoms with Gasteiger partial charge in [0, 0.05) is 11.8 Å². The van der Waals surface area contributed by atoms with Gasteiger partial charge in [-0.2, -0.15) is 4.98 Å². The number of benzene rings is 2. The monoisotopic (exact) mass is 342 g/mol. The van der Waals surface area contributed by atoms with Crippen molar-refractivity contribution in [2.75, 3.05) is 11.1 Å². The molecule has 0 aliphatic heterocycles. The summed E-state index contributed by atoms with van der Waals surface area (Å²) in [4.78, 5) is 8.03. The molecule has 0 radical (unpaired) electrons. The largest absolute Gasteiger partial charge is 0.437 e. The topological polar surface area (TPSA) is 73.1 Å². The molecule has 0 atom stereocenters. The maximum Gasteiger partial charge on any atom is 0.248 e. The van der Waals surface area contributed by atoms with E-state index in [0.717, 1.165) is 18.6 Å². The molecule has 0 fully saturated rings. The lowest BCUT2D eigenvalue weighted by atomic mass is 10.2. The van der Waals surface area contributed by atoms with Crippen molar-refractivity contribution in [2.24, 2.45) is 0 Å². The van der Waals surface area contributed by atoms with E-state index in [1.165, 1.54) is 18.0 Å². The summed E-state index contributed by atoms with van der Waals surface area (Å²) in [6.45, 7) is 2.06. The summed E-state index contributed by atoms with van der Waals surface area (Å²) in [7, 11) is 0. The second kappa shape index (κ2) is 7.12. The molecule has 7 heteroatoms. The van der Waals surface area contributed by atoms with Gasteiger partial charge in [-0.3, -0.25) is 0 Å². The molecule has 3 aromatic rings. The van der Waals surface area contributed by atoms with Gasteiger partial charge in [0.15, 0.2) is 17.5 Å². The van der Waals surface area contributed by atoms with Gasteiger partial charge in [-0.15, -0.1) is 0 Å². The first-order valence-electron chi connectivity index (χ1n) is 7.66. The average Bonchev–Trinajstić information content (AvgIpc) is 2.62. The van der Waals surface area contributed by atoms with Crippen molar-refractivity contribution in [3.05, 3.63) is 66.0 Å². The van der Waals surface area contributed by atoms with E-state index in [1.807, 2.05) is 24.3 Å². The zero-order valence-electron chi connectivity index (χ0n) is 13.5. The lowest BCUT2D eigenvalue weighted by Gasteiger charge is -2.12. The Balaban J connectivity index is 1.82. The smallest absolute Gasteiger partial charge is 0.248 e. The lowest BCUT2D eigenvalue weighted by Crippen LogP contribution is -2.03. The van der Waals surface area contributed by atoms with Crippen LogP contribution in [-0.2, 0) is 6.42 Å². The van der Waals surface area contributed by atoms with E-state index in [9.17, 15) is 8.78 Å². The summed E-state index contributed by atoms with van der Waals surface area (Å²) in [5, 5.41) is 2.82. The predicted molar refractivity (Wildman–Crippen MR) is 92.0 cm³/mol. The van der Waals surface area contributed by atoms with Crippen LogP contribution in [-0.4, -0.2) is 9.97 Å². The van der Waals surface area contributed by atoms with Gasteiger partial charge in [0.2, 0.25) is 5.88 Å². The molecular weight excluding hydrogens is 326 g/mol. The molecule has 25 heavy (non-hydrogen) atoms. The molecule has 0 unspecified atom stereocenters. The van der Waals surface area contributed by atoms with E-state index in [4.69, 9.17) is 10.5 Å². The van der Waals surface area contributed by atoms with Crippen LogP contribution in [0.25, 0.3) is 0 Å². The van der Waals surface area contributed by atoms with Gasteiger partial charge in [-0.1, -0.05) is 19.1 Å². The third kappa shape index (κ3) is 3.82. The zero-order chi connectivity index (χ0) is 17.8. The van der Waals surface area contributed by atoms with Crippen molar-refractivity contribution in [3.63, 3.8) is 0 Å². The lowest BCUT2D eigenvalue weighted by molar-refractivity contribution is 0.464. The minimum atomic E-state index is -0.967. The number of nitrogens with one attached hydrogen (secondary N) is 1. The van der Waals surface area contributed by atoms with E-state index >= 15 is 0 Å². The summed E-state index contributed by atoms with van der Waals surface area (Å²) in [6, 6.07) is 11.0. The van der Waals surface area contributed by atoms with Gasteiger partial charge in [0.25, 0.3) is 0 Å². The molecule has 1 aromatic heterocycles. The Morgan fingerprint density at radius 3 is 2.48 bits per heavy atom. The van der Waals surface area contributed by atoms with E-state index in [-0.39, 0.29) is 17.4 Å². The standard InChI is InChI=1S/C18H16F2N4O/c1-2-11-3-6-13(7-4-11)25-18-16(21)17(22-10-23-18)24-12-5-8-14(19)15(20)9-12/h3-10H,2,21H2,1H3,(H,22,23,24). The third-order valence-corrected chi connectivity index (χ3v) is 3.58. The Morgan fingerprint density at radius 2 is 1.80 bits per heavy atom. The van der Waals surface area contributed by atoms with Crippen LogP contribution >= 0.6 is 0 Å². The van der Waals surface area contributed by atoms with Crippen LogP contribution in [0.5, 0.6) is 11.6 Å². The van der Waals surface area contributed by atoms with Crippen molar-refractivity contribution in [2.45, 2.75) is 13.3 Å². The molecule has 0 saturated heterocycles. The highest BCUT2D eigenvalue weighted by Crippen LogP contribution is 2.31. The van der Waals surface area contributed by atoms with Crippen molar-refractivity contribution >= 4 is 17.2 Å². The number of aryl methyl sites for hydroxylation is 1. The first kappa shape index (κ1) is 16.6. The Kier molecular flexibility index (Phi) is 4.74. The number of nitrogens with zero attached hydrogens (tertiary/aromatic N) is 2. The van der Waals surface area contributed by atoms with Gasteiger partial charge in [0.1, 0.15) is 17.8 Å². The van der Waals surface area contributed by atoms with Crippen LogP contribution in [0.1, 0.15) is 12.5 Å². The highest BCUT2D eigenvalue weighted by Gasteiger charge is 2.12. The van der Waals surface area contributed by atoms with Crippen LogP contribution < -0.4 is 15.8 Å². The van der Waals surface area contributed by atoms with Crippen molar-refractivity contribution in [1.29, 1.82) is 0 Å². The minimum absolute atomic E-state index is 0.159. The Bertz CT molecular complexity index is 885. The van der Waals surface area contributed by atoms with Crippen LogP contribution in [0.2, 0.25) is 0 Å². The van der Waals surface area contributed by atoms with E-state index < -0.39 is 11.6 Å². The predicted octanol–water partition coefficient (Wildman–Crippen LogP) is 4.44. The quantitative estimate of drug-likeness (QED) is 0.717. The van der Waals surface area contributed by atoms with Crippen LogP contribution in [0.15, 0.2) is 48.8 Å². The number of anilines is 3. The number of halogens is 2. The Hall–Kier alpha value is -3.22. The van der Waals surface area contributed by atoms with Gasteiger partial charge in [0.05, 0.1) is 0 Å². The highest BCUT2D eigenvalue weighted by molar-refractivity contribution is 5.72. The van der Waals surface area contributed by atoms with Crippen LogP contribution in [0.4, 0.5) is 26.0 Å². The maximum atomic E-state index is 13.3. The first-order chi connectivity index (χ1) is 12.1. The van der Waals surface area contributed by atoms with Gasteiger partial charge < -0.3 is 15.8 Å². The zero-order valence-corrected chi connectivity index (χ0v) is 13.5. The van der Waals surface area contributed by atoms with Crippen molar-refractivity contribution < 1.29 is 13.5 Å². The molecule has 3 N–H and O–H groups in total. The normalized spacial score (nSPS) is 10.5. The molecular formula is C18H16F2N4O. The fourth-order valence-corrected chi connectivity index (χ4v) is 2.18. The number of hydrogen-bond acceptors (Lipinski definition) is 5. The van der Waals surface area contributed by atoms with Crippen LogP contribution in [0.3, 0.4) is 0 Å². The number of nitrogens with two attached hydrogens (primary N) is 1.